The van der Waals surface area contributed by atoms with Crippen LogP contribution in [-0.2, 0) is 16.1 Å². The molecule has 0 bridgehead atoms. The van der Waals surface area contributed by atoms with Crippen molar-refractivity contribution in [3.63, 3.8) is 0 Å². The summed E-state index contributed by atoms with van der Waals surface area (Å²) >= 11 is 0. The summed E-state index contributed by atoms with van der Waals surface area (Å²) < 4.78 is 4.96. The zero-order chi connectivity index (χ0) is 15.5. The predicted molar refractivity (Wildman–Crippen MR) is 92.4 cm³/mol. The number of rotatable bonds is 10. The third-order valence-corrected chi connectivity index (χ3v) is 3.15. The van der Waals surface area contributed by atoms with Gasteiger partial charge in [-0.25, -0.2) is 0 Å². The molecule has 1 aromatic rings. The molecule has 1 rings (SSSR count). The number of hydrogen-bond donors (Lipinski definition) is 1. The first-order valence-electron chi connectivity index (χ1n) is 7.29. The van der Waals surface area contributed by atoms with Gasteiger partial charge in [-0.05, 0) is 19.7 Å². The van der Waals surface area contributed by atoms with Gasteiger partial charge in [0.15, 0.2) is 0 Å². The van der Waals surface area contributed by atoms with E-state index < -0.39 is 0 Å². The Balaban J connectivity index is 0.00000441. The number of likely N-dealkylation sites (N-methyl/N-ethyl adjacent to an activating group) is 1. The normalized spacial score (nSPS) is 10.4. The smallest absolute Gasteiger partial charge is 0.236 e. The van der Waals surface area contributed by atoms with E-state index in [4.69, 9.17) is 4.74 Å². The van der Waals surface area contributed by atoms with Gasteiger partial charge in [0.1, 0.15) is 0 Å². The van der Waals surface area contributed by atoms with Crippen LogP contribution < -0.4 is 5.32 Å². The molecule has 1 N–H and O–H groups in total. The minimum atomic E-state index is 0. The lowest BCUT2D eigenvalue weighted by Gasteiger charge is -2.25. The third-order valence-electron chi connectivity index (χ3n) is 3.15. The highest BCUT2D eigenvalue weighted by Crippen LogP contribution is 2.04. The van der Waals surface area contributed by atoms with Crippen LogP contribution in [0, 0.1) is 0 Å². The molecule has 22 heavy (non-hydrogen) atoms. The molecule has 0 aliphatic rings. The van der Waals surface area contributed by atoms with E-state index in [2.05, 4.69) is 10.2 Å². The maximum Gasteiger partial charge on any atom is 0.236 e. The van der Waals surface area contributed by atoms with Gasteiger partial charge in [-0.2, -0.15) is 0 Å². The number of carbonyl (C=O) groups excluding carboxylic acids is 1. The van der Waals surface area contributed by atoms with Crippen molar-refractivity contribution in [2.45, 2.75) is 6.54 Å². The average Bonchev–Trinajstić information content (AvgIpc) is 2.48. The predicted octanol–water partition coefficient (Wildman–Crippen LogP) is 1.23. The molecule has 0 aliphatic carbocycles. The first-order chi connectivity index (χ1) is 10.1. The van der Waals surface area contributed by atoms with E-state index in [1.54, 1.807) is 7.11 Å². The van der Waals surface area contributed by atoms with Gasteiger partial charge in [-0.3, -0.25) is 4.79 Å². The van der Waals surface area contributed by atoms with Crippen molar-refractivity contribution in [2.75, 3.05) is 54.0 Å². The molecule has 1 aromatic carbocycles. The van der Waals surface area contributed by atoms with Crippen LogP contribution in [0.1, 0.15) is 5.56 Å². The molecule has 1 amide bonds. The SMILES string of the molecule is COCCNCC(=O)N(CCN(C)C)Cc1ccccc1.Cl. The Kier molecular flexibility index (Phi) is 11.8. The van der Waals surface area contributed by atoms with Crippen molar-refractivity contribution in [2.24, 2.45) is 0 Å². The molecule has 0 spiro atoms. The fraction of sp³-hybridized carbons (Fsp3) is 0.562. The number of benzene rings is 1. The number of methoxy groups -OCH3 is 1. The lowest BCUT2D eigenvalue weighted by atomic mass is 10.2. The van der Waals surface area contributed by atoms with Gasteiger partial charge >= 0.3 is 0 Å². The largest absolute Gasteiger partial charge is 0.383 e. The second kappa shape index (κ2) is 12.4. The molecule has 0 saturated carbocycles. The summed E-state index contributed by atoms with van der Waals surface area (Å²) in [5.74, 6) is 0.122. The van der Waals surface area contributed by atoms with Gasteiger partial charge in [-0.1, -0.05) is 30.3 Å². The number of nitrogens with zero attached hydrogens (tertiary/aromatic N) is 2. The van der Waals surface area contributed by atoms with E-state index >= 15 is 0 Å². The lowest BCUT2D eigenvalue weighted by molar-refractivity contribution is -0.131. The van der Waals surface area contributed by atoms with Gasteiger partial charge in [0.05, 0.1) is 13.2 Å². The molecule has 0 fully saturated rings. The van der Waals surface area contributed by atoms with Crippen molar-refractivity contribution in [3.8, 4) is 0 Å². The van der Waals surface area contributed by atoms with Crippen LogP contribution in [0.5, 0.6) is 0 Å². The Morgan fingerprint density at radius 1 is 1.18 bits per heavy atom. The zero-order valence-corrected chi connectivity index (χ0v) is 14.6. The Morgan fingerprint density at radius 3 is 2.45 bits per heavy atom. The summed E-state index contributed by atoms with van der Waals surface area (Å²) in [5, 5.41) is 3.11. The van der Waals surface area contributed by atoms with Crippen LogP contribution in [0.4, 0.5) is 0 Å². The van der Waals surface area contributed by atoms with E-state index in [0.29, 0.717) is 26.2 Å². The topological polar surface area (TPSA) is 44.8 Å². The van der Waals surface area contributed by atoms with E-state index in [1.807, 2.05) is 49.3 Å². The Morgan fingerprint density at radius 2 is 1.86 bits per heavy atom. The van der Waals surface area contributed by atoms with Crippen LogP contribution in [0.25, 0.3) is 0 Å². The number of carbonyl (C=O) groups is 1. The molecular weight excluding hydrogens is 302 g/mol. The monoisotopic (exact) mass is 329 g/mol. The number of nitrogens with one attached hydrogen (secondary N) is 1. The van der Waals surface area contributed by atoms with Gasteiger partial charge in [0.2, 0.25) is 5.91 Å². The molecule has 0 aromatic heterocycles. The summed E-state index contributed by atoms with van der Waals surface area (Å²) in [7, 11) is 5.69. The average molecular weight is 330 g/mol. The van der Waals surface area contributed by atoms with Crippen molar-refractivity contribution >= 4 is 18.3 Å². The van der Waals surface area contributed by atoms with Crippen molar-refractivity contribution < 1.29 is 9.53 Å². The quantitative estimate of drug-likeness (QED) is 0.656. The van der Waals surface area contributed by atoms with Gasteiger partial charge in [0.25, 0.3) is 0 Å². The summed E-state index contributed by atoms with van der Waals surface area (Å²) in [4.78, 5) is 16.3. The maximum absolute atomic E-state index is 12.3. The second-order valence-electron chi connectivity index (χ2n) is 5.27. The standard InChI is InChI=1S/C16H27N3O2.ClH/c1-18(2)10-11-19(14-15-7-5-4-6-8-15)16(20)13-17-9-12-21-3;/h4-8,17H,9-14H2,1-3H3;1H. The third kappa shape index (κ3) is 9.00. The molecule has 0 radical (unpaired) electrons. The Bertz CT molecular complexity index is 402. The number of halogens is 1. The highest BCUT2D eigenvalue weighted by Gasteiger charge is 2.13. The molecule has 6 heteroatoms. The van der Waals surface area contributed by atoms with Crippen molar-refractivity contribution in [3.05, 3.63) is 35.9 Å². The summed E-state index contributed by atoms with van der Waals surface area (Å²) in [6, 6.07) is 10.1. The molecule has 5 nitrogen and oxygen atoms in total. The molecule has 126 valence electrons. The van der Waals surface area contributed by atoms with Gasteiger partial charge < -0.3 is 19.9 Å². The lowest BCUT2D eigenvalue weighted by Crippen LogP contribution is -2.41. The van der Waals surface area contributed by atoms with Crippen LogP contribution in [0.3, 0.4) is 0 Å². The van der Waals surface area contributed by atoms with Crippen LogP contribution >= 0.6 is 12.4 Å². The van der Waals surface area contributed by atoms with Crippen molar-refractivity contribution in [1.82, 2.24) is 15.1 Å². The number of ether oxygens (including phenoxy) is 1. The Hall–Kier alpha value is -1.14. The van der Waals surface area contributed by atoms with Crippen LogP contribution in [0.2, 0.25) is 0 Å². The Labute approximate surface area is 140 Å². The summed E-state index contributed by atoms with van der Waals surface area (Å²) in [6.07, 6.45) is 0. The van der Waals surface area contributed by atoms with Gasteiger partial charge in [-0.15, -0.1) is 12.4 Å². The second-order valence-corrected chi connectivity index (χ2v) is 5.27. The molecule has 0 aliphatic heterocycles. The summed E-state index contributed by atoms with van der Waals surface area (Å²) in [5.41, 5.74) is 1.15. The summed E-state index contributed by atoms with van der Waals surface area (Å²) in [6.45, 7) is 3.89. The first kappa shape index (κ1) is 20.9. The van der Waals surface area contributed by atoms with E-state index in [9.17, 15) is 4.79 Å². The fourth-order valence-corrected chi connectivity index (χ4v) is 1.90. The van der Waals surface area contributed by atoms with E-state index in [0.717, 1.165) is 18.7 Å². The van der Waals surface area contributed by atoms with Crippen LogP contribution in [0.15, 0.2) is 30.3 Å². The molecule has 0 unspecified atom stereocenters. The van der Waals surface area contributed by atoms with E-state index in [-0.39, 0.29) is 18.3 Å². The molecular formula is C16H28ClN3O2. The fourth-order valence-electron chi connectivity index (χ4n) is 1.90. The molecule has 0 heterocycles. The minimum Gasteiger partial charge on any atom is -0.383 e. The minimum absolute atomic E-state index is 0. The first-order valence-corrected chi connectivity index (χ1v) is 7.29. The van der Waals surface area contributed by atoms with E-state index in [1.165, 1.54) is 0 Å². The highest BCUT2D eigenvalue weighted by molar-refractivity contribution is 5.85. The zero-order valence-electron chi connectivity index (χ0n) is 13.7. The number of amides is 1. The highest BCUT2D eigenvalue weighted by atomic mass is 35.5. The van der Waals surface area contributed by atoms with Crippen molar-refractivity contribution in [1.29, 1.82) is 0 Å². The van der Waals surface area contributed by atoms with Crippen LogP contribution in [-0.4, -0.2) is 69.7 Å². The molecule has 0 saturated heterocycles. The van der Waals surface area contributed by atoms with Gasteiger partial charge in [0, 0.05) is 33.3 Å². The molecule has 0 atom stereocenters. The number of hydrogen-bond acceptors (Lipinski definition) is 4. The maximum atomic E-state index is 12.3.